The molecule has 0 aliphatic carbocycles. The zero-order chi connectivity index (χ0) is 17.8. The number of carbonyl (C=O) groups excluding carboxylic acids is 1. The molecule has 1 aliphatic heterocycles. The van der Waals surface area contributed by atoms with Crippen LogP contribution in [-0.2, 0) is 9.53 Å². The first kappa shape index (κ1) is 17.4. The second kappa shape index (κ2) is 7.65. The van der Waals surface area contributed by atoms with Gasteiger partial charge in [-0.2, -0.15) is 4.98 Å². The Morgan fingerprint density at radius 2 is 2.12 bits per heavy atom. The highest BCUT2D eigenvalue weighted by Crippen LogP contribution is 2.22. The van der Waals surface area contributed by atoms with E-state index >= 15 is 0 Å². The first-order valence-corrected chi connectivity index (χ1v) is 8.45. The standard InChI is InChI=1S/C18H23N3O4/c1-12(2)18-19-17(20-25-18)15-10-21(8-9-23-15)16(22)11-24-14-6-4-13(3)5-7-14/h4-7,12,15H,8-11H2,1-3H3/t15-/m0/s1. The van der Waals surface area contributed by atoms with Gasteiger partial charge in [0.1, 0.15) is 11.9 Å². The molecule has 0 unspecified atom stereocenters. The fraction of sp³-hybridized carbons (Fsp3) is 0.500. The molecule has 1 aliphatic rings. The summed E-state index contributed by atoms with van der Waals surface area (Å²) in [5.41, 5.74) is 1.15. The van der Waals surface area contributed by atoms with Crippen molar-refractivity contribution < 1.29 is 18.8 Å². The number of morpholine rings is 1. The second-order valence-corrected chi connectivity index (χ2v) is 6.45. The molecule has 7 heteroatoms. The van der Waals surface area contributed by atoms with E-state index in [9.17, 15) is 4.79 Å². The minimum Gasteiger partial charge on any atom is -0.484 e. The number of benzene rings is 1. The van der Waals surface area contributed by atoms with Crippen molar-refractivity contribution in [1.82, 2.24) is 15.0 Å². The molecule has 0 N–H and O–H groups in total. The summed E-state index contributed by atoms with van der Waals surface area (Å²) in [7, 11) is 0. The van der Waals surface area contributed by atoms with Crippen LogP contribution < -0.4 is 4.74 Å². The molecule has 1 atom stereocenters. The Labute approximate surface area is 146 Å². The SMILES string of the molecule is Cc1ccc(OCC(=O)N2CCO[C@H](c3noc(C(C)C)n3)C2)cc1. The van der Waals surface area contributed by atoms with Gasteiger partial charge in [0.25, 0.3) is 5.91 Å². The summed E-state index contributed by atoms with van der Waals surface area (Å²) in [5, 5.41) is 3.98. The van der Waals surface area contributed by atoms with E-state index in [1.807, 2.05) is 45.0 Å². The van der Waals surface area contributed by atoms with Crippen molar-refractivity contribution in [2.24, 2.45) is 0 Å². The molecular weight excluding hydrogens is 322 g/mol. The molecule has 0 bridgehead atoms. The van der Waals surface area contributed by atoms with E-state index in [4.69, 9.17) is 14.0 Å². The number of hydrogen-bond acceptors (Lipinski definition) is 6. The van der Waals surface area contributed by atoms with Crippen LogP contribution in [0.5, 0.6) is 5.75 Å². The third-order valence-corrected chi connectivity index (χ3v) is 4.04. The summed E-state index contributed by atoms with van der Waals surface area (Å²) in [6.45, 7) is 7.33. The highest BCUT2D eigenvalue weighted by molar-refractivity contribution is 5.77. The average Bonchev–Trinajstić information content (AvgIpc) is 3.11. The zero-order valence-corrected chi connectivity index (χ0v) is 14.8. The Morgan fingerprint density at radius 1 is 1.36 bits per heavy atom. The van der Waals surface area contributed by atoms with Gasteiger partial charge in [-0.3, -0.25) is 4.79 Å². The molecular formula is C18H23N3O4. The largest absolute Gasteiger partial charge is 0.484 e. The third kappa shape index (κ3) is 4.36. The molecule has 25 heavy (non-hydrogen) atoms. The van der Waals surface area contributed by atoms with Crippen LogP contribution in [0.4, 0.5) is 0 Å². The minimum atomic E-state index is -0.367. The van der Waals surface area contributed by atoms with Crippen molar-refractivity contribution in [1.29, 1.82) is 0 Å². The first-order chi connectivity index (χ1) is 12.0. The second-order valence-electron chi connectivity index (χ2n) is 6.45. The first-order valence-electron chi connectivity index (χ1n) is 8.45. The molecule has 1 fully saturated rings. The molecule has 2 aromatic rings. The predicted molar refractivity (Wildman–Crippen MR) is 90.3 cm³/mol. The van der Waals surface area contributed by atoms with Crippen LogP contribution in [-0.4, -0.2) is 47.3 Å². The van der Waals surface area contributed by atoms with Crippen LogP contribution in [0.1, 0.15) is 43.1 Å². The molecule has 1 amide bonds. The maximum atomic E-state index is 12.4. The molecule has 7 nitrogen and oxygen atoms in total. The molecule has 0 spiro atoms. The molecule has 0 saturated carbocycles. The molecule has 2 heterocycles. The molecule has 1 aromatic carbocycles. The number of aryl methyl sites for hydroxylation is 1. The van der Waals surface area contributed by atoms with Crippen LogP contribution >= 0.6 is 0 Å². The van der Waals surface area contributed by atoms with E-state index in [-0.39, 0.29) is 24.5 Å². The quantitative estimate of drug-likeness (QED) is 0.828. The summed E-state index contributed by atoms with van der Waals surface area (Å²) in [5.74, 6) is 1.82. The maximum Gasteiger partial charge on any atom is 0.260 e. The van der Waals surface area contributed by atoms with Gasteiger partial charge >= 0.3 is 0 Å². The third-order valence-electron chi connectivity index (χ3n) is 4.04. The molecule has 3 rings (SSSR count). The van der Waals surface area contributed by atoms with E-state index in [0.717, 1.165) is 5.56 Å². The van der Waals surface area contributed by atoms with E-state index in [1.54, 1.807) is 4.90 Å². The van der Waals surface area contributed by atoms with E-state index < -0.39 is 0 Å². The van der Waals surface area contributed by atoms with Crippen LogP contribution in [0.2, 0.25) is 0 Å². The molecule has 0 radical (unpaired) electrons. The van der Waals surface area contributed by atoms with Gasteiger partial charge in [-0.15, -0.1) is 0 Å². The topological polar surface area (TPSA) is 77.7 Å². The highest BCUT2D eigenvalue weighted by Gasteiger charge is 2.29. The fourth-order valence-corrected chi connectivity index (χ4v) is 2.52. The van der Waals surface area contributed by atoms with Crippen molar-refractivity contribution in [2.45, 2.75) is 32.8 Å². The summed E-state index contributed by atoms with van der Waals surface area (Å²) >= 11 is 0. The Bertz CT molecular complexity index is 711. The lowest BCUT2D eigenvalue weighted by atomic mass is 10.2. The number of aromatic nitrogens is 2. The summed E-state index contributed by atoms with van der Waals surface area (Å²) in [6.07, 6.45) is -0.367. The lowest BCUT2D eigenvalue weighted by Gasteiger charge is -2.31. The Hall–Kier alpha value is -2.41. The Morgan fingerprint density at radius 3 is 2.80 bits per heavy atom. The fourth-order valence-electron chi connectivity index (χ4n) is 2.52. The normalized spacial score (nSPS) is 17.8. The predicted octanol–water partition coefficient (Wildman–Crippen LogP) is 2.48. The highest BCUT2D eigenvalue weighted by atomic mass is 16.5. The summed E-state index contributed by atoms with van der Waals surface area (Å²) < 4.78 is 16.5. The van der Waals surface area contributed by atoms with Gasteiger partial charge in [-0.25, -0.2) is 0 Å². The van der Waals surface area contributed by atoms with Gasteiger partial charge < -0.3 is 18.9 Å². The van der Waals surface area contributed by atoms with Gasteiger partial charge in [0.05, 0.1) is 13.2 Å². The molecule has 134 valence electrons. The van der Waals surface area contributed by atoms with Gasteiger partial charge in [-0.05, 0) is 19.1 Å². The van der Waals surface area contributed by atoms with E-state index in [0.29, 0.717) is 37.2 Å². The lowest BCUT2D eigenvalue weighted by Crippen LogP contribution is -2.44. The monoisotopic (exact) mass is 345 g/mol. The van der Waals surface area contributed by atoms with Crippen molar-refractivity contribution >= 4 is 5.91 Å². The van der Waals surface area contributed by atoms with Crippen LogP contribution in [0.25, 0.3) is 0 Å². The maximum absolute atomic E-state index is 12.4. The van der Waals surface area contributed by atoms with Crippen molar-refractivity contribution in [3.8, 4) is 5.75 Å². The van der Waals surface area contributed by atoms with Gasteiger partial charge in [0.2, 0.25) is 11.7 Å². The average molecular weight is 345 g/mol. The van der Waals surface area contributed by atoms with Crippen molar-refractivity contribution in [3.05, 3.63) is 41.5 Å². The zero-order valence-electron chi connectivity index (χ0n) is 14.8. The van der Waals surface area contributed by atoms with Gasteiger partial charge in [0, 0.05) is 12.5 Å². The van der Waals surface area contributed by atoms with Crippen molar-refractivity contribution in [2.75, 3.05) is 26.3 Å². The number of carbonyl (C=O) groups is 1. The number of hydrogen-bond donors (Lipinski definition) is 0. The van der Waals surface area contributed by atoms with Crippen LogP contribution in [0, 0.1) is 6.92 Å². The molecule has 1 saturated heterocycles. The van der Waals surface area contributed by atoms with E-state index in [1.165, 1.54) is 0 Å². The minimum absolute atomic E-state index is 0.000725. The summed E-state index contributed by atoms with van der Waals surface area (Å²) in [6, 6.07) is 7.62. The number of rotatable bonds is 5. The smallest absolute Gasteiger partial charge is 0.260 e. The number of amides is 1. The van der Waals surface area contributed by atoms with Crippen molar-refractivity contribution in [3.63, 3.8) is 0 Å². The summed E-state index contributed by atoms with van der Waals surface area (Å²) in [4.78, 5) is 18.5. The van der Waals surface area contributed by atoms with Crippen LogP contribution in [0.3, 0.4) is 0 Å². The lowest BCUT2D eigenvalue weighted by molar-refractivity contribution is -0.141. The van der Waals surface area contributed by atoms with Gasteiger partial charge in [-0.1, -0.05) is 36.7 Å². The Kier molecular flexibility index (Phi) is 5.33. The molecule has 1 aromatic heterocycles. The Balaban J connectivity index is 1.56. The van der Waals surface area contributed by atoms with E-state index in [2.05, 4.69) is 10.1 Å². The number of ether oxygens (including phenoxy) is 2. The number of nitrogens with zero attached hydrogens (tertiary/aromatic N) is 3. The van der Waals surface area contributed by atoms with Gasteiger partial charge in [0.15, 0.2) is 6.61 Å². The van der Waals surface area contributed by atoms with Crippen LogP contribution in [0.15, 0.2) is 28.8 Å².